The van der Waals surface area contributed by atoms with Gasteiger partial charge >= 0.3 is 5.97 Å². The normalized spacial score (nSPS) is 14.7. The summed E-state index contributed by atoms with van der Waals surface area (Å²) in [4.78, 5) is 24.8. The van der Waals surface area contributed by atoms with Gasteiger partial charge in [-0.2, -0.15) is 0 Å². The lowest BCUT2D eigenvalue weighted by atomic mass is 9.82. The lowest BCUT2D eigenvalue weighted by Crippen LogP contribution is -2.35. The number of carboxylic acids is 1. The highest BCUT2D eigenvalue weighted by molar-refractivity contribution is 5.94. The lowest BCUT2D eigenvalue weighted by molar-refractivity contribution is -0.136. The molecule has 0 aromatic heterocycles. The zero-order valence-corrected chi connectivity index (χ0v) is 11.8. The molecule has 0 bridgehead atoms. The summed E-state index contributed by atoms with van der Waals surface area (Å²) >= 11 is 0. The molecule has 0 aliphatic heterocycles. The number of hydrogen-bond acceptors (Lipinski definition) is 2. The van der Waals surface area contributed by atoms with E-state index >= 15 is 0 Å². The molecule has 1 saturated carbocycles. The molecule has 0 heterocycles. The summed E-state index contributed by atoms with van der Waals surface area (Å²) in [5.41, 5.74) is 1.92. The molecule has 0 radical (unpaired) electrons. The van der Waals surface area contributed by atoms with Gasteiger partial charge in [-0.25, -0.2) is 0 Å². The van der Waals surface area contributed by atoms with E-state index in [1.807, 2.05) is 31.2 Å². The first-order chi connectivity index (χ1) is 9.56. The summed E-state index contributed by atoms with van der Waals surface area (Å²) in [6.07, 6.45) is 3.95. The van der Waals surface area contributed by atoms with E-state index in [1.165, 1.54) is 6.42 Å². The van der Waals surface area contributed by atoms with Gasteiger partial charge in [0.05, 0.1) is 6.42 Å². The van der Waals surface area contributed by atoms with E-state index in [0.717, 1.165) is 24.1 Å². The van der Waals surface area contributed by atoms with Gasteiger partial charge in [0.15, 0.2) is 0 Å². The Bertz CT molecular complexity index is 477. The molecule has 1 N–H and O–H groups in total. The third-order valence-electron chi connectivity index (χ3n) is 3.88. The Hall–Kier alpha value is -1.84. The number of carbonyl (C=O) groups is 2. The van der Waals surface area contributed by atoms with Crippen molar-refractivity contribution in [2.45, 2.75) is 39.0 Å². The maximum atomic E-state index is 12.4. The van der Waals surface area contributed by atoms with Gasteiger partial charge in [0.2, 0.25) is 5.91 Å². The average molecular weight is 275 g/mol. The van der Waals surface area contributed by atoms with Crippen LogP contribution in [0.15, 0.2) is 24.3 Å². The zero-order chi connectivity index (χ0) is 14.5. The van der Waals surface area contributed by atoms with Crippen molar-refractivity contribution >= 4 is 17.6 Å². The Morgan fingerprint density at radius 2 is 1.90 bits per heavy atom. The molecule has 0 unspecified atom stereocenters. The van der Waals surface area contributed by atoms with E-state index in [4.69, 9.17) is 5.11 Å². The number of anilines is 1. The minimum absolute atomic E-state index is 0.0235. The molecule has 1 amide bonds. The van der Waals surface area contributed by atoms with Gasteiger partial charge in [0, 0.05) is 18.7 Å². The topological polar surface area (TPSA) is 57.6 Å². The maximum absolute atomic E-state index is 12.4. The van der Waals surface area contributed by atoms with Crippen LogP contribution in [0.1, 0.15) is 37.7 Å². The Morgan fingerprint density at radius 1 is 1.25 bits per heavy atom. The van der Waals surface area contributed by atoms with Crippen molar-refractivity contribution in [3.05, 3.63) is 29.8 Å². The van der Waals surface area contributed by atoms with Crippen LogP contribution in [0.3, 0.4) is 0 Å². The van der Waals surface area contributed by atoms with E-state index in [2.05, 4.69) is 0 Å². The Morgan fingerprint density at radius 3 is 2.40 bits per heavy atom. The second-order valence-corrected chi connectivity index (χ2v) is 5.53. The van der Waals surface area contributed by atoms with Gasteiger partial charge in [-0.3, -0.25) is 9.59 Å². The van der Waals surface area contributed by atoms with Crippen molar-refractivity contribution in [3.8, 4) is 0 Å². The van der Waals surface area contributed by atoms with Crippen LogP contribution >= 0.6 is 0 Å². The van der Waals surface area contributed by atoms with Crippen LogP contribution in [-0.4, -0.2) is 23.5 Å². The van der Waals surface area contributed by atoms with Crippen LogP contribution in [0, 0.1) is 12.8 Å². The largest absolute Gasteiger partial charge is 0.481 e. The van der Waals surface area contributed by atoms with Crippen molar-refractivity contribution in [2.24, 2.45) is 5.92 Å². The summed E-state index contributed by atoms with van der Waals surface area (Å²) in [7, 11) is 0. The number of aliphatic carboxylic acids is 1. The third kappa shape index (κ3) is 3.83. The number of aryl methyl sites for hydroxylation is 1. The van der Waals surface area contributed by atoms with E-state index in [-0.39, 0.29) is 18.9 Å². The molecule has 4 heteroatoms. The fourth-order valence-corrected chi connectivity index (χ4v) is 2.38. The number of amides is 1. The molecule has 108 valence electrons. The minimum atomic E-state index is -0.876. The molecule has 4 nitrogen and oxygen atoms in total. The molecule has 0 atom stereocenters. The van der Waals surface area contributed by atoms with Crippen LogP contribution in [0.5, 0.6) is 0 Å². The van der Waals surface area contributed by atoms with Crippen LogP contribution < -0.4 is 4.90 Å². The van der Waals surface area contributed by atoms with Gasteiger partial charge < -0.3 is 10.0 Å². The average Bonchev–Trinajstić information content (AvgIpc) is 2.36. The summed E-state index contributed by atoms with van der Waals surface area (Å²) in [6.45, 7) is 2.23. The van der Waals surface area contributed by atoms with Crippen molar-refractivity contribution in [3.63, 3.8) is 0 Å². The summed E-state index contributed by atoms with van der Waals surface area (Å²) in [5.74, 6) is -0.348. The molecule has 1 fully saturated rings. The maximum Gasteiger partial charge on any atom is 0.305 e. The van der Waals surface area contributed by atoms with Crippen molar-refractivity contribution in [2.75, 3.05) is 11.4 Å². The van der Waals surface area contributed by atoms with Crippen LogP contribution in [0.4, 0.5) is 5.69 Å². The second-order valence-electron chi connectivity index (χ2n) is 5.53. The minimum Gasteiger partial charge on any atom is -0.481 e. The monoisotopic (exact) mass is 275 g/mol. The fraction of sp³-hybridized carbons (Fsp3) is 0.500. The first-order valence-electron chi connectivity index (χ1n) is 7.15. The lowest BCUT2D eigenvalue weighted by Gasteiger charge is -2.29. The highest BCUT2D eigenvalue weighted by Gasteiger charge is 2.24. The highest BCUT2D eigenvalue weighted by Crippen LogP contribution is 2.30. The van der Waals surface area contributed by atoms with Gasteiger partial charge in [-0.1, -0.05) is 24.1 Å². The molecule has 1 aliphatic rings. The summed E-state index contributed by atoms with van der Waals surface area (Å²) in [6, 6.07) is 7.66. The molecule has 2 rings (SSSR count). The zero-order valence-electron chi connectivity index (χ0n) is 11.8. The van der Waals surface area contributed by atoms with Crippen molar-refractivity contribution < 1.29 is 14.7 Å². The van der Waals surface area contributed by atoms with Crippen LogP contribution in [0.25, 0.3) is 0 Å². The molecule has 1 aliphatic carbocycles. The first kappa shape index (κ1) is 14.6. The van der Waals surface area contributed by atoms with Crippen molar-refractivity contribution in [1.29, 1.82) is 0 Å². The number of hydrogen-bond donors (Lipinski definition) is 1. The van der Waals surface area contributed by atoms with Crippen LogP contribution in [0.2, 0.25) is 0 Å². The summed E-state index contributed by atoms with van der Waals surface area (Å²) in [5, 5.41) is 8.84. The van der Waals surface area contributed by atoms with E-state index in [0.29, 0.717) is 12.3 Å². The molecule has 0 spiro atoms. The number of nitrogens with zero attached hydrogens (tertiary/aromatic N) is 1. The third-order valence-corrected chi connectivity index (χ3v) is 3.88. The molecule has 1 aromatic carbocycles. The van der Waals surface area contributed by atoms with Gasteiger partial charge in [-0.15, -0.1) is 0 Å². The summed E-state index contributed by atoms with van der Waals surface area (Å²) < 4.78 is 0. The molecular formula is C16H21NO3. The fourth-order valence-electron chi connectivity index (χ4n) is 2.38. The first-order valence-corrected chi connectivity index (χ1v) is 7.15. The quantitative estimate of drug-likeness (QED) is 0.868. The second kappa shape index (κ2) is 6.55. The smallest absolute Gasteiger partial charge is 0.305 e. The van der Waals surface area contributed by atoms with Gasteiger partial charge in [-0.05, 0) is 37.8 Å². The Labute approximate surface area is 119 Å². The van der Waals surface area contributed by atoms with Gasteiger partial charge in [0.25, 0.3) is 0 Å². The van der Waals surface area contributed by atoms with Crippen LogP contribution in [-0.2, 0) is 9.59 Å². The molecule has 20 heavy (non-hydrogen) atoms. The molecule has 0 saturated heterocycles. The predicted octanol–water partition coefficient (Wildman–Crippen LogP) is 2.99. The van der Waals surface area contributed by atoms with Gasteiger partial charge in [0.1, 0.15) is 0 Å². The SMILES string of the molecule is Cc1ccc(N(CCC(=O)O)C(=O)CC2CCC2)cc1. The van der Waals surface area contributed by atoms with E-state index in [9.17, 15) is 9.59 Å². The number of benzene rings is 1. The predicted molar refractivity (Wildman–Crippen MR) is 77.7 cm³/mol. The highest BCUT2D eigenvalue weighted by atomic mass is 16.4. The molecule has 1 aromatic rings. The number of carbonyl (C=O) groups excluding carboxylic acids is 1. The Kier molecular flexibility index (Phi) is 4.77. The van der Waals surface area contributed by atoms with E-state index < -0.39 is 5.97 Å². The standard InChI is InChI=1S/C16H21NO3/c1-12-5-7-14(8-6-12)17(10-9-16(19)20)15(18)11-13-3-2-4-13/h5-8,13H,2-4,9-11H2,1H3,(H,19,20). The van der Waals surface area contributed by atoms with Crippen molar-refractivity contribution in [1.82, 2.24) is 0 Å². The number of rotatable bonds is 6. The Balaban J connectivity index is 2.07. The molecular weight excluding hydrogens is 254 g/mol. The number of carboxylic acid groups (broad SMARTS) is 1. The van der Waals surface area contributed by atoms with E-state index in [1.54, 1.807) is 4.90 Å².